The van der Waals surface area contributed by atoms with Gasteiger partial charge in [0.25, 0.3) is 5.91 Å². The quantitative estimate of drug-likeness (QED) is 0.938. The molecule has 2 amide bonds. The van der Waals surface area contributed by atoms with Crippen molar-refractivity contribution >= 4 is 17.5 Å². The van der Waals surface area contributed by atoms with E-state index in [2.05, 4.69) is 5.32 Å². The number of amides is 2. The molecular weight excluding hydrogens is 311 g/mol. The van der Waals surface area contributed by atoms with Crippen molar-refractivity contribution in [1.82, 2.24) is 5.32 Å². The van der Waals surface area contributed by atoms with Gasteiger partial charge in [-0.3, -0.25) is 9.59 Å². The number of nitrogens with one attached hydrogen (secondary N) is 1. The van der Waals surface area contributed by atoms with Crippen molar-refractivity contribution in [3.8, 4) is 5.75 Å². The predicted molar refractivity (Wildman–Crippen MR) is 87.1 cm³/mol. The van der Waals surface area contributed by atoms with Crippen molar-refractivity contribution < 1.29 is 18.7 Å². The minimum absolute atomic E-state index is 0.276. The van der Waals surface area contributed by atoms with Crippen molar-refractivity contribution in [2.24, 2.45) is 0 Å². The Morgan fingerprint density at radius 2 is 1.96 bits per heavy atom. The number of methoxy groups -OCH3 is 1. The molecule has 2 aromatic carbocycles. The van der Waals surface area contributed by atoms with E-state index in [4.69, 9.17) is 4.74 Å². The second kappa shape index (κ2) is 6.31. The topological polar surface area (TPSA) is 58.6 Å². The molecular formula is C18H17FN2O3. The highest BCUT2D eigenvalue weighted by Crippen LogP contribution is 2.37. The van der Waals surface area contributed by atoms with Gasteiger partial charge in [0, 0.05) is 12.5 Å². The molecule has 24 heavy (non-hydrogen) atoms. The third kappa shape index (κ3) is 2.95. The van der Waals surface area contributed by atoms with Crippen LogP contribution in [-0.4, -0.2) is 18.9 Å². The van der Waals surface area contributed by atoms with Gasteiger partial charge in [-0.05, 0) is 35.9 Å². The number of nitrogens with zero attached hydrogens (tertiary/aromatic N) is 1. The van der Waals surface area contributed by atoms with Crippen LogP contribution < -0.4 is 15.0 Å². The molecule has 1 heterocycles. The summed E-state index contributed by atoms with van der Waals surface area (Å²) in [6.07, 6.45) is 0. The molecule has 5 nitrogen and oxygen atoms in total. The molecule has 0 aromatic heterocycles. The van der Waals surface area contributed by atoms with E-state index in [1.807, 2.05) is 24.3 Å². The van der Waals surface area contributed by atoms with Crippen LogP contribution in [0, 0.1) is 5.82 Å². The lowest BCUT2D eigenvalue weighted by Gasteiger charge is -2.18. The number of ether oxygens (including phenoxy) is 1. The third-order valence-corrected chi connectivity index (χ3v) is 3.95. The fourth-order valence-electron chi connectivity index (χ4n) is 2.83. The Balaban J connectivity index is 1.93. The van der Waals surface area contributed by atoms with E-state index in [0.717, 1.165) is 11.3 Å². The first-order chi connectivity index (χ1) is 11.5. The van der Waals surface area contributed by atoms with E-state index < -0.39 is 11.9 Å². The number of hydrogen-bond donors (Lipinski definition) is 1. The minimum atomic E-state index is -0.855. The first-order valence-corrected chi connectivity index (χ1v) is 7.50. The number of hydrogen-bond acceptors (Lipinski definition) is 3. The van der Waals surface area contributed by atoms with Crippen LogP contribution >= 0.6 is 0 Å². The molecule has 0 radical (unpaired) electrons. The fourth-order valence-corrected chi connectivity index (χ4v) is 2.83. The average molecular weight is 328 g/mol. The zero-order chi connectivity index (χ0) is 17.3. The van der Waals surface area contributed by atoms with E-state index in [9.17, 15) is 14.0 Å². The molecule has 0 saturated heterocycles. The molecule has 0 fully saturated rings. The molecule has 1 aliphatic heterocycles. The SMILES string of the molecule is COc1ccc(CN2C(=O)[C@@H](NC(C)=O)c3cc(F)ccc32)cc1. The Morgan fingerprint density at radius 1 is 1.25 bits per heavy atom. The Labute approximate surface area is 139 Å². The zero-order valence-corrected chi connectivity index (χ0v) is 13.4. The smallest absolute Gasteiger partial charge is 0.254 e. The normalized spacial score (nSPS) is 16.0. The predicted octanol–water partition coefficient (Wildman–Crippen LogP) is 2.56. The molecule has 0 aliphatic carbocycles. The van der Waals surface area contributed by atoms with Crippen LogP contribution in [0.3, 0.4) is 0 Å². The number of carbonyl (C=O) groups is 2. The summed E-state index contributed by atoms with van der Waals surface area (Å²) in [7, 11) is 1.59. The second-order valence-corrected chi connectivity index (χ2v) is 5.61. The van der Waals surface area contributed by atoms with E-state index in [-0.39, 0.29) is 11.8 Å². The first kappa shape index (κ1) is 16.0. The molecule has 3 rings (SSSR count). The van der Waals surface area contributed by atoms with Crippen LogP contribution in [0.25, 0.3) is 0 Å². The first-order valence-electron chi connectivity index (χ1n) is 7.50. The highest BCUT2D eigenvalue weighted by Gasteiger charge is 2.38. The number of fused-ring (bicyclic) bond motifs is 1. The number of benzene rings is 2. The van der Waals surface area contributed by atoms with Gasteiger partial charge in [0.2, 0.25) is 5.91 Å². The molecule has 1 atom stereocenters. The van der Waals surface area contributed by atoms with Crippen LogP contribution in [0.4, 0.5) is 10.1 Å². The molecule has 0 unspecified atom stereocenters. The van der Waals surface area contributed by atoms with Crippen molar-refractivity contribution in [2.75, 3.05) is 12.0 Å². The van der Waals surface area contributed by atoms with Gasteiger partial charge in [-0.25, -0.2) is 4.39 Å². The maximum absolute atomic E-state index is 13.6. The van der Waals surface area contributed by atoms with Crippen LogP contribution in [0.1, 0.15) is 24.1 Å². The lowest BCUT2D eigenvalue weighted by molar-refractivity contribution is -0.126. The average Bonchev–Trinajstić information content (AvgIpc) is 2.80. The fraction of sp³-hybridized carbons (Fsp3) is 0.222. The summed E-state index contributed by atoms with van der Waals surface area (Å²) in [6, 6.07) is 10.7. The van der Waals surface area contributed by atoms with Crippen LogP contribution in [0.15, 0.2) is 42.5 Å². The highest BCUT2D eigenvalue weighted by molar-refractivity contribution is 6.06. The van der Waals surface area contributed by atoms with Crippen molar-refractivity contribution in [1.29, 1.82) is 0 Å². The third-order valence-electron chi connectivity index (χ3n) is 3.95. The van der Waals surface area contributed by atoms with Gasteiger partial charge in [0.1, 0.15) is 17.6 Å². The summed E-state index contributed by atoms with van der Waals surface area (Å²) >= 11 is 0. The van der Waals surface area contributed by atoms with Gasteiger partial charge in [0.05, 0.1) is 19.3 Å². The summed E-state index contributed by atoms with van der Waals surface area (Å²) in [5.74, 6) is -0.329. The van der Waals surface area contributed by atoms with E-state index in [1.54, 1.807) is 18.1 Å². The molecule has 1 N–H and O–H groups in total. The zero-order valence-electron chi connectivity index (χ0n) is 13.4. The minimum Gasteiger partial charge on any atom is -0.497 e. The summed E-state index contributed by atoms with van der Waals surface area (Å²) in [5, 5.41) is 2.59. The van der Waals surface area contributed by atoms with Crippen LogP contribution in [-0.2, 0) is 16.1 Å². The largest absolute Gasteiger partial charge is 0.497 e. The van der Waals surface area contributed by atoms with Crippen molar-refractivity contribution in [3.63, 3.8) is 0 Å². The molecule has 0 saturated carbocycles. The Morgan fingerprint density at radius 3 is 2.58 bits per heavy atom. The lowest BCUT2D eigenvalue weighted by atomic mass is 10.1. The van der Waals surface area contributed by atoms with E-state index in [1.165, 1.54) is 19.1 Å². The van der Waals surface area contributed by atoms with Crippen molar-refractivity contribution in [2.45, 2.75) is 19.5 Å². The van der Waals surface area contributed by atoms with Crippen molar-refractivity contribution in [3.05, 3.63) is 59.4 Å². The van der Waals surface area contributed by atoms with Gasteiger partial charge in [0.15, 0.2) is 0 Å². The monoisotopic (exact) mass is 328 g/mol. The van der Waals surface area contributed by atoms with Gasteiger partial charge in [-0.2, -0.15) is 0 Å². The Hall–Kier alpha value is -2.89. The van der Waals surface area contributed by atoms with Gasteiger partial charge >= 0.3 is 0 Å². The molecule has 6 heteroatoms. The lowest BCUT2D eigenvalue weighted by Crippen LogP contribution is -2.36. The van der Waals surface area contributed by atoms with E-state index >= 15 is 0 Å². The Bertz CT molecular complexity index is 789. The molecule has 1 aliphatic rings. The summed E-state index contributed by atoms with van der Waals surface area (Å²) in [5.41, 5.74) is 1.99. The molecule has 0 bridgehead atoms. The second-order valence-electron chi connectivity index (χ2n) is 5.61. The van der Waals surface area contributed by atoms with Gasteiger partial charge < -0.3 is 15.0 Å². The Kier molecular flexibility index (Phi) is 4.20. The number of rotatable bonds is 4. The number of anilines is 1. The number of halogens is 1. The van der Waals surface area contributed by atoms with Crippen LogP contribution in [0.5, 0.6) is 5.75 Å². The highest BCUT2D eigenvalue weighted by atomic mass is 19.1. The maximum atomic E-state index is 13.6. The summed E-state index contributed by atoms with van der Waals surface area (Å²) in [4.78, 5) is 25.6. The maximum Gasteiger partial charge on any atom is 0.254 e. The van der Waals surface area contributed by atoms with Crippen LogP contribution in [0.2, 0.25) is 0 Å². The molecule has 0 spiro atoms. The molecule has 124 valence electrons. The van der Waals surface area contributed by atoms with Gasteiger partial charge in [-0.1, -0.05) is 12.1 Å². The standard InChI is InChI=1S/C18H17FN2O3/c1-11(22)20-17-15-9-13(19)5-8-16(15)21(18(17)23)10-12-3-6-14(24-2)7-4-12/h3-9,17H,10H2,1-2H3,(H,20,22)/t17-/m0/s1. The summed E-state index contributed by atoms with van der Waals surface area (Å²) < 4.78 is 18.7. The number of carbonyl (C=O) groups excluding carboxylic acids is 2. The molecule has 2 aromatic rings. The summed E-state index contributed by atoms with van der Waals surface area (Å²) in [6.45, 7) is 1.66. The van der Waals surface area contributed by atoms with E-state index in [0.29, 0.717) is 17.8 Å². The van der Waals surface area contributed by atoms with Gasteiger partial charge in [-0.15, -0.1) is 0 Å².